The van der Waals surface area contributed by atoms with Gasteiger partial charge in [-0.05, 0) is 88.7 Å². The van der Waals surface area contributed by atoms with Gasteiger partial charge in [-0.2, -0.15) is 0 Å². The normalized spacial score (nSPS) is 12.4. The summed E-state index contributed by atoms with van der Waals surface area (Å²) < 4.78 is 35.6. The van der Waals surface area contributed by atoms with E-state index in [0.29, 0.717) is 17.4 Å². The first-order valence-corrected chi connectivity index (χ1v) is 15.7. The molecule has 0 fully saturated rings. The monoisotopic (exact) mass is 663 g/mol. The molecule has 0 aromatic heterocycles. The summed E-state index contributed by atoms with van der Waals surface area (Å²) >= 11 is 9.47. The lowest BCUT2D eigenvalue weighted by Crippen LogP contribution is -2.54. The second-order valence-corrected chi connectivity index (χ2v) is 13.6. The molecular formula is C30H35BrClN3O5S. The van der Waals surface area contributed by atoms with Crippen LogP contribution < -0.4 is 14.4 Å². The van der Waals surface area contributed by atoms with Crippen molar-refractivity contribution in [2.24, 2.45) is 0 Å². The first-order chi connectivity index (χ1) is 19.2. The Kier molecular flexibility index (Phi) is 10.9. The molecule has 3 aromatic rings. The summed E-state index contributed by atoms with van der Waals surface area (Å²) in [5.41, 5.74) is 0.438. The summed E-state index contributed by atoms with van der Waals surface area (Å²) in [6, 6.07) is 18.8. The number of nitrogens with one attached hydrogen (secondary N) is 1. The van der Waals surface area contributed by atoms with Crippen LogP contribution in [0.2, 0.25) is 5.02 Å². The van der Waals surface area contributed by atoms with Gasteiger partial charge in [-0.25, -0.2) is 8.42 Å². The van der Waals surface area contributed by atoms with Crippen LogP contribution >= 0.6 is 27.5 Å². The van der Waals surface area contributed by atoms with Crippen LogP contribution in [0.3, 0.4) is 0 Å². The fraction of sp³-hybridized carbons (Fsp3) is 0.333. The molecule has 8 nitrogen and oxygen atoms in total. The van der Waals surface area contributed by atoms with Gasteiger partial charge in [-0.1, -0.05) is 51.8 Å². The van der Waals surface area contributed by atoms with Crippen LogP contribution in [0.1, 0.15) is 40.2 Å². The molecule has 0 aliphatic rings. The van der Waals surface area contributed by atoms with E-state index in [2.05, 4.69) is 21.2 Å². The van der Waals surface area contributed by atoms with Gasteiger partial charge in [0, 0.05) is 21.6 Å². The molecule has 1 atom stereocenters. The highest BCUT2D eigenvalue weighted by Gasteiger charge is 2.34. The zero-order valence-electron chi connectivity index (χ0n) is 23.7. The van der Waals surface area contributed by atoms with E-state index < -0.39 is 34.1 Å². The summed E-state index contributed by atoms with van der Waals surface area (Å²) in [5.74, 6) is -0.620. The van der Waals surface area contributed by atoms with Crippen LogP contribution in [0.25, 0.3) is 0 Å². The first-order valence-electron chi connectivity index (χ1n) is 13.1. The van der Waals surface area contributed by atoms with E-state index in [1.807, 2.05) is 45.0 Å². The van der Waals surface area contributed by atoms with Gasteiger partial charge in [0.1, 0.15) is 18.3 Å². The number of amides is 2. The van der Waals surface area contributed by atoms with Crippen LogP contribution in [-0.4, -0.2) is 49.9 Å². The Hall–Kier alpha value is -3.08. The molecule has 2 amide bonds. The molecule has 220 valence electrons. The highest BCUT2D eigenvalue weighted by Crippen LogP contribution is 2.33. The highest BCUT2D eigenvalue weighted by molar-refractivity contribution is 9.10. The third-order valence-corrected chi connectivity index (χ3v) is 8.54. The molecule has 0 bridgehead atoms. The van der Waals surface area contributed by atoms with Crippen molar-refractivity contribution < 1.29 is 22.7 Å². The van der Waals surface area contributed by atoms with Crippen molar-refractivity contribution in [1.29, 1.82) is 0 Å². The van der Waals surface area contributed by atoms with Crippen LogP contribution in [0.5, 0.6) is 5.75 Å². The van der Waals surface area contributed by atoms with Crippen LogP contribution in [0, 0.1) is 0 Å². The van der Waals surface area contributed by atoms with E-state index in [9.17, 15) is 18.0 Å². The molecule has 3 rings (SSSR count). The average molecular weight is 665 g/mol. The van der Waals surface area contributed by atoms with Crippen LogP contribution in [-0.2, 0) is 26.2 Å². The van der Waals surface area contributed by atoms with Gasteiger partial charge in [-0.3, -0.25) is 13.9 Å². The van der Waals surface area contributed by atoms with Crippen molar-refractivity contribution in [3.8, 4) is 5.75 Å². The van der Waals surface area contributed by atoms with Gasteiger partial charge in [0.25, 0.3) is 10.0 Å². The second kappa shape index (κ2) is 13.7. The zero-order chi connectivity index (χ0) is 30.4. The standard InChI is InChI=1S/C30H35BrClN3O5S/c1-6-40-27-13-8-7-12-26(27)35(41(38,39)25-16-14-24(32)15-17-25)20-28(36)34(19-22-10-9-11-23(31)18-22)21(2)29(37)33-30(3,4)5/h7-18,21H,6,19-20H2,1-5H3,(H,33,37). The lowest BCUT2D eigenvalue weighted by atomic mass is 10.1. The van der Waals surface area contributed by atoms with E-state index in [4.69, 9.17) is 16.3 Å². The Morgan fingerprint density at radius 2 is 1.68 bits per heavy atom. The molecule has 0 aliphatic carbocycles. The van der Waals surface area contributed by atoms with E-state index >= 15 is 0 Å². The number of halogens is 2. The third kappa shape index (κ3) is 8.70. The zero-order valence-corrected chi connectivity index (χ0v) is 26.9. The molecule has 0 saturated heterocycles. The molecule has 0 saturated carbocycles. The Morgan fingerprint density at radius 1 is 1.02 bits per heavy atom. The summed E-state index contributed by atoms with van der Waals surface area (Å²) in [7, 11) is -4.26. The van der Waals surface area contributed by atoms with Crippen LogP contribution in [0.15, 0.2) is 82.2 Å². The van der Waals surface area contributed by atoms with Gasteiger partial charge in [0.05, 0.1) is 17.2 Å². The molecular weight excluding hydrogens is 630 g/mol. The lowest BCUT2D eigenvalue weighted by Gasteiger charge is -2.33. The number of sulfonamides is 1. The van der Waals surface area contributed by atoms with Gasteiger partial charge in [0.2, 0.25) is 11.8 Å². The third-order valence-electron chi connectivity index (χ3n) is 6.02. The van der Waals surface area contributed by atoms with Gasteiger partial charge < -0.3 is 15.0 Å². The van der Waals surface area contributed by atoms with E-state index in [0.717, 1.165) is 14.3 Å². The summed E-state index contributed by atoms with van der Waals surface area (Å²) in [4.78, 5) is 28.7. The number of anilines is 1. The molecule has 41 heavy (non-hydrogen) atoms. The average Bonchev–Trinajstić information content (AvgIpc) is 2.90. The Morgan fingerprint density at radius 3 is 2.29 bits per heavy atom. The molecule has 0 aliphatic heterocycles. The van der Waals surface area contributed by atoms with Gasteiger partial charge >= 0.3 is 0 Å². The number of carbonyl (C=O) groups excluding carboxylic acids is 2. The largest absolute Gasteiger partial charge is 0.492 e. The fourth-order valence-corrected chi connectivity index (χ4v) is 6.07. The lowest BCUT2D eigenvalue weighted by molar-refractivity contribution is -0.140. The number of hydrogen-bond donors (Lipinski definition) is 1. The van der Waals surface area contributed by atoms with Crippen molar-refractivity contribution in [3.63, 3.8) is 0 Å². The maximum absolute atomic E-state index is 14.1. The molecule has 0 heterocycles. The number of carbonyl (C=O) groups is 2. The number of nitrogens with zero attached hydrogens (tertiary/aromatic N) is 2. The number of benzene rings is 3. The van der Waals surface area contributed by atoms with E-state index in [-0.39, 0.29) is 23.0 Å². The molecule has 1 N–H and O–H groups in total. The smallest absolute Gasteiger partial charge is 0.264 e. The summed E-state index contributed by atoms with van der Waals surface area (Å²) in [6.45, 7) is 8.77. The quantitative estimate of drug-likeness (QED) is 0.270. The minimum atomic E-state index is -4.26. The van der Waals surface area contributed by atoms with Gasteiger partial charge in [0.15, 0.2) is 0 Å². The number of rotatable bonds is 11. The van der Waals surface area contributed by atoms with Gasteiger partial charge in [-0.15, -0.1) is 0 Å². The minimum absolute atomic E-state index is 0.0435. The number of hydrogen-bond acceptors (Lipinski definition) is 5. The molecule has 0 spiro atoms. The SMILES string of the molecule is CCOc1ccccc1N(CC(=O)N(Cc1cccc(Br)c1)C(C)C(=O)NC(C)(C)C)S(=O)(=O)c1ccc(Cl)cc1. The molecule has 11 heteroatoms. The highest BCUT2D eigenvalue weighted by atomic mass is 79.9. The second-order valence-electron chi connectivity index (χ2n) is 10.4. The Balaban J connectivity index is 2.09. The van der Waals surface area contributed by atoms with Crippen molar-refractivity contribution in [1.82, 2.24) is 10.2 Å². The maximum atomic E-state index is 14.1. The number of para-hydroxylation sites is 2. The molecule has 1 unspecified atom stereocenters. The predicted octanol–water partition coefficient (Wildman–Crippen LogP) is 6.03. The summed E-state index contributed by atoms with van der Waals surface area (Å²) in [6.07, 6.45) is 0. The maximum Gasteiger partial charge on any atom is 0.264 e. The minimum Gasteiger partial charge on any atom is -0.492 e. The Labute approximate surface area is 255 Å². The predicted molar refractivity (Wildman–Crippen MR) is 166 cm³/mol. The van der Waals surface area contributed by atoms with Crippen LogP contribution in [0.4, 0.5) is 5.69 Å². The fourth-order valence-electron chi connectivity index (χ4n) is 4.08. The number of ether oxygens (including phenoxy) is 1. The molecule has 0 radical (unpaired) electrons. The van der Waals surface area contributed by atoms with E-state index in [1.165, 1.54) is 29.2 Å². The molecule has 3 aromatic carbocycles. The van der Waals surface area contributed by atoms with Crippen molar-refractivity contribution in [2.45, 2.75) is 57.6 Å². The van der Waals surface area contributed by atoms with Crippen molar-refractivity contribution in [3.05, 3.63) is 87.9 Å². The summed E-state index contributed by atoms with van der Waals surface area (Å²) in [5, 5.41) is 3.29. The Bertz CT molecular complexity index is 1480. The van der Waals surface area contributed by atoms with Crippen molar-refractivity contribution >= 4 is 55.1 Å². The first kappa shape index (κ1) is 32.4. The van der Waals surface area contributed by atoms with Crippen molar-refractivity contribution in [2.75, 3.05) is 17.5 Å². The van der Waals surface area contributed by atoms with E-state index in [1.54, 1.807) is 38.1 Å². The topological polar surface area (TPSA) is 96.0 Å².